The maximum absolute atomic E-state index is 13.6. The van der Waals surface area contributed by atoms with E-state index in [1.54, 1.807) is 6.07 Å². The van der Waals surface area contributed by atoms with Gasteiger partial charge in [0.2, 0.25) is 0 Å². The topological polar surface area (TPSA) is 41.1 Å². The zero-order chi connectivity index (χ0) is 15.4. The molecule has 0 bridgehead atoms. The summed E-state index contributed by atoms with van der Waals surface area (Å²) in [5, 5.41) is 5.44. The molecule has 0 fully saturated rings. The molecule has 2 aromatic rings. The number of carbonyl (C=O) groups excluding carboxylic acids is 1. The van der Waals surface area contributed by atoms with Crippen molar-refractivity contribution in [2.45, 2.75) is 13.3 Å². The third kappa shape index (κ3) is 4.19. The summed E-state index contributed by atoms with van der Waals surface area (Å²) in [4.78, 5) is 11.9. The number of aryl methyl sites for hydroxylation is 1. The summed E-state index contributed by atoms with van der Waals surface area (Å²) in [5.74, 6) is -0.579. The molecule has 0 aromatic heterocycles. The lowest BCUT2D eigenvalue weighted by Gasteiger charge is -2.12. The number of amides is 2. The lowest BCUT2D eigenvalue weighted by atomic mass is 10.1. The van der Waals surface area contributed by atoms with Crippen molar-refractivity contribution in [3.05, 3.63) is 57.3 Å². The number of anilines is 2. The van der Waals surface area contributed by atoms with E-state index in [1.165, 1.54) is 12.1 Å². The largest absolute Gasteiger partial charge is 0.323 e. The van der Waals surface area contributed by atoms with Gasteiger partial charge in [0, 0.05) is 15.2 Å². The predicted molar refractivity (Wildman–Crippen MR) is 87.6 cm³/mol. The van der Waals surface area contributed by atoms with Crippen molar-refractivity contribution in [2.75, 3.05) is 10.6 Å². The van der Waals surface area contributed by atoms with E-state index >= 15 is 0 Å². The number of nitrogens with one attached hydrogen (secondary N) is 2. The number of hydrogen-bond donors (Lipinski definition) is 2. The number of hydrogen-bond acceptors (Lipinski definition) is 1. The van der Waals surface area contributed by atoms with Crippen molar-refractivity contribution in [1.29, 1.82) is 0 Å². The smallest absolute Gasteiger partial charge is 0.307 e. The summed E-state index contributed by atoms with van der Waals surface area (Å²) >= 11 is 9.05. The van der Waals surface area contributed by atoms with Crippen molar-refractivity contribution in [2.24, 2.45) is 0 Å². The molecule has 6 heteroatoms. The van der Waals surface area contributed by atoms with Crippen LogP contribution in [-0.2, 0) is 6.42 Å². The molecule has 0 saturated heterocycles. The first-order valence-electron chi connectivity index (χ1n) is 6.31. The van der Waals surface area contributed by atoms with Crippen LogP contribution in [0.15, 0.2) is 40.9 Å². The average Bonchev–Trinajstić information content (AvgIpc) is 2.44. The van der Waals surface area contributed by atoms with Gasteiger partial charge in [-0.25, -0.2) is 9.18 Å². The molecule has 0 saturated carbocycles. The van der Waals surface area contributed by atoms with Crippen LogP contribution in [0.2, 0.25) is 5.02 Å². The highest BCUT2D eigenvalue weighted by Gasteiger charge is 2.09. The molecule has 0 aliphatic carbocycles. The van der Waals surface area contributed by atoms with Crippen molar-refractivity contribution in [3.63, 3.8) is 0 Å². The summed E-state index contributed by atoms with van der Waals surface area (Å²) in [5.41, 5.74) is 1.75. The Morgan fingerprint density at radius 2 is 1.86 bits per heavy atom. The molecule has 110 valence electrons. The van der Waals surface area contributed by atoms with Crippen LogP contribution in [0.1, 0.15) is 12.5 Å². The van der Waals surface area contributed by atoms with Crippen LogP contribution < -0.4 is 10.6 Å². The molecule has 2 rings (SSSR count). The van der Waals surface area contributed by atoms with Gasteiger partial charge < -0.3 is 10.6 Å². The van der Waals surface area contributed by atoms with Crippen LogP contribution >= 0.6 is 27.5 Å². The molecule has 21 heavy (non-hydrogen) atoms. The fourth-order valence-electron chi connectivity index (χ4n) is 1.84. The lowest BCUT2D eigenvalue weighted by molar-refractivity contribution is 0.262. The molecule has 2 N–H and O–H groups in total. The first-order chi connectivity index (χ1) is 9.99. The molecule has 0 atom stereocenters. The van der Waals surface area contributed by atoms with Gasteiger partial charge in [-0.2, -0.15) is 0 Å². The van der Waals surface area contributed by atoms with E-state index in [9.17, 15) is 9.18 Å². The fourth-order valence-corrected chi connectivity index (χ4v) is 2.41. The minimum Gasteiger partial charge on any atom is -0.307 e. The zero-order valence-electron chi connectivity index (χ0n) is 11.2. The summed E-state index contributed by atoms with van der Waals surface area (Å²) in [7, 11) is 0. The number of urea groups is 1. The molecular formula is C15H13BrClFN2O. The van der Waals surface area contributed by atoms with Crippen molar-refractivity contribution in [3.8, 4) is 0 Å². The number of benzene rings is 2. The number of carbonyl (C=O) groups is 1. The van der Waals surface area contributed by atoms with Gasteiger partial charge in [-0.1, -0.05) is 34.5 Å². The first-order valence-corrected chi connectivity index (χ1v) is 7.48. The molecule has 0 aliphatic heterocycles. The SMILES string of the molecule is CCc1cc(Br)ccc1NC(=O)Nc1ccc(Cl)cc1F. The Hall–Kier alpha value is -1.59. The number of halogens is 3. The van der Waals surface area contributed by atoms with Gasteiger partial charge in [-0.15, -0.1) is 0 Å². The second-order valence-corrected chi connectivity index (χ2v) is 5.71. The minimum absolute atomic E-state index is 0.0760. The zero-order valence-corrected chi connectivity index (χ0v) is 13.6. The summed E-state index contributed by atoms with van der Waals surface area (Å²) < 4.78 is 14.6. The van der Waals surface area contributed by atoms with Crippen LogP contribution in [0.5, 0.6) is 0 Å². The maximum Gasteiger partial charge on any atom is 0.323 e. The molecule has 3 nitrogen and oxygen atoms in total. The Labute approximate surface area is 135 Å². The van der Waals surface area contributed by atoms with Crippen LogP contribution in [0.25, 0.3) is 0 Å². The van der Waals surface area contributed by atoms with E-state index in [2.05, 4.69) is 26.6 Å². The quantitative estimate of drug-likeness (QED) is 0.740. The van der Waals surface area contributed by atoms with Crippen LogP contribution in [0, 0.1) is 5.82 Å². The van der Waals surface area contributed by atoms with E-state index < -0.39 is 11.8 Å². The third-order valence-corrected chi connectivity index (χ3v) is 3.60. The van der Waals surface area contributed by atoms with E-state index in [1.807, 2.05) is 19.1 Å². The first kappa shape index (κ1) is 15.8. The molecule has 0 heterocycles. The average molecular weight is 372 g/mol. The number of rotatable bonds is 3. The highest BCUT2D eigenvalue weighted by Crippen LogP contribution is 2.23. The Balaban J connectivity index is 2.11. The normalized spacial score (nSPS) is 10.3. The van der Waals surface area contributed by atoms with E-state index in [0.29, 0.717) is 5.69 Å². The summed E-state index contributed by atoms with van der Waals surface area (Å²) in [6.45, 7) is 1.99. The Bertz CT molecular complexity index is 679. The van der Waals surface area contributed by atoms with Gasteiger partial charge in [0.05, 0.1) is 5.69 Å². The monoisotopic (exact) mass is 370 g/mol. The Morgan fingerprint density at radius 3 is 2.52 bits per heavy atom. The van der Waals surface area contributed by atoms with Gasteiger partial charge in [-0.3, -0.25) is 0 Å². The van der Waals surface area contributed by atoms with E-state index in [-0.39, 0.29) is 10.7 Å². The van der Waals surface area contributed by atoms with Gasteiger partial charge >= 0.3 is 6.03 Å². The van der Waals surface area contributed by atoms with Crippen molar-refractivity contribution >= 4 is 44.9 Å². The van der Waals surface area contributed by atoms with Crippen molar-refractivity contribution in [1.82, 2.24) is 0 Å². The van der Waals surface area contributed by atoms with Gasteiger partial charge in [-0.05, 0) is 48.4 Å². The van der Waals surface area contributed by atoms with Gasteiger partial charge in [0.25, 0.3) is 0 Å². The molecule has 2 amide bonds. The second-order valence-electron chi connectivity index (χ2n) is 4.36. The Kier molecular flexibility index (Phi) is 5.20. The van der Waals surface area contributed by atoms with Crippen LogP contribution in [0.3, 0.4) is 0 Å². The predicted octanol–water partition coefficient (Wildman–Crippen LogP) is 5.45. The van der Waals surface area contributed by atoms with E-state index in [4.69, 9.17) is 11.6 Å². The molecule has 0 spiro atoms. The molecular weight excluding hydrogens is 359 g/mol. The van der Waals surface area contributed by atoms with Gasteiger partial charge in [0.15, 0.2) is 0 Å². The second kappa shape index (κ2) is 6.91. The highest BCUT2D eigenvalue weighted by molar-refractivity contribution is 9.10. The fraction of sp³-hybridized carbons (Fsp3) is 0.133. The lowest BCUT2D eigenvalue weighted by Crippen LogP contribution is -2.20. The van der Waals surface area contributed by atoms with Crippen LogP contribution in [0.4, 0.5) is 20.6 Å². The maximum atomic E-state index is 13.6. The van der Waals surface area contributed by atoms with Gasteiger partial charge in [0.1, 0.15) is 5.82 Å². The Morgan fingerprint density at radius 1 is 1.19 bits per heavy atom. The molecule has 0 aliphatic rings. The highest BCUT2D eigenvalue weighted by atomic mass is 79.9. The molecule has 2 aromatic carbocycles. The van der Waals surface area contributed by atoms with Crippen LogP contribution in [-0.4, -0.2) is 6.03 Å². The summed E-state index contributed by atoms with van der Waals surface area (Å²) in [6, 6.07) is 9.12. The third-order valence-electron chi connectivity index (χ3n) is 2.88. The molecule has 0 unspecified atom stereocenters. The minimum atomic E-state index is -0.579. The molecule has 0 radical (unpaired) electrons. The van der Waals surface area contributed by atoms with E-state index in [0.717, 1.165) is 22.5 Å². The standard InChI is InChI=1S/C15H13BrClFN2O/c1-2-9-7-10(16)3-5-13(9)19-15(21)20-14-6-4-11(17)8-12(14)18/h3-8H,2H2,1H3,(H2,19,20,21). The summed E-state index contributed by atoms with van der Waals surface area (Å²) in [6.07, 6.45) is 0.768. The van der Waals surface area contributed by atoms with Crippen molar-refractivity contribution < 1.29 is 9.18 Å².